The van der Waals surface area contributed by atoms with Gasteiger partial charge in [0, 0.05) is 36.1 Å². The van der Waals surface area contributed by atoms with E-state index in [2.05, 4.69) is 5.32 Å². The maximum Gasteiger partial charge on any atom is 0.255 e. The average molecular weight is 298 g/mol. The molecule has 0 heterocycles. The lowest BCUT2D eigenvalue weighted by Gasteiger charge is -2.18. The van der Waals surface area contributed by atoms with Gasteiger partial charge in [0.25, 0.3) is 5.91 Å². The quantitative estimate of drug-likeness (QED) is 0.802. The fourth-order valence-corrected chi connectivity index (χ4v) is 1.99. The van der Waals surface area contributed by atoms with Gasteiger partial charge in [-0.15, -0.1) is 0 Å². The second-order valence-electron chi connectivity index (χ2n) is 4.89. The molecule has 0 saturated carbocycles. The molecule has 22 heavy (non-hydrogen) atoms. The molecule has 2 N–H and O–H groups in total. The molecule has 1 amide bonds. The van der Waals surface area contributed by atoms with Crippen molar-refractivity contribution in [2.24, 2.45) is 0 Å². The first-order valence-corrected chi connectivity index (χ1v) is 6.92. The van der Waals surface area contributed by atoms with Crippen LogP contribution in [0.3, 0.4) is 0 Å². The Morgan fingerprint density at radius 2 is 1.77 bits per heavy atom. The van der Waals surface area contributed by atoms with Crippen molar-refractivity contribution in [3.05, 3.63) is 59.7 Å². The number of nitrogens with zero attached hydrogens (tertiary/aromatic N) is 1. The van der Waals surface area contributed by atoms with Gasteiger partial charge in [-0.3, -0.25) is 9.59 Å². The maximum atomic E-state index is 12.1. The third kappa shape index (κ3) is 3.93. The molecule has 2 rings (SSSR count). The number of rotatable bonds is 6. The van der Waals surface area contributed by atoms with E-state index in [4.69, 9.17) is 5.11 Å². The van der Waals surface area contributed by atoms with E-state index in [9.17, 15) is 9.59 Å². The summed E-state index contributed by atoms with van der Waals surface area (Å²) in [6.07, 6.45) is 0.739. The van der Waals surface area contributed by atoms with E-state index < -0.39 is 0 Å². The Morgan fingerprint density at radius 1 is 1.14 bits per heavy atom. The van der Waals surface area contributed by atoms with Gasteiger partial charge in [-0.25, -0.2) is 0 Å². The molecule has 0 fully saturated rings. The molecule has 0 radical (unpaired) electrons. The number of anilines is 2. The third-order valence-corrected chi connectivity index (χ3v) is 3.31. The lowest BCUT2D eigenvalue weighted by atomic mass is 10.1. The van der Waals surface area contributed by atoms with Gasteiger partial charge in [0.1, 0.15) is 6.29 Å². The van der Waals surface area contributed by atoms with E-state index in [1.165, 1.54) is 0 Å². The third-order valence-electron chi connectivity index (χ3n) is 3.31. The van der Waals surface area contributed by atoms with E-state index in [1.54, 1.807) is 36.4 Å². The molecule has 0 bridgehead atoms. The van der Waals surface area contributed by atoms with Crippen molar-refractivity contribution in [3.63, 3.8) is 0 Å². The zero-order chi connectivity index (χ0) is 15.9. The van der Waals surface area contributed by atoms with Crippen molar-refractivity contribution in [2.45, 2.75) is 0 Å². The highest BCUT2D eigenvalue weighted by molar-refractivity contribution is 6.04. The normalized spacial score (nSPS) is 10.1. The Balaban J connectivity index is 2.03. The predicted octanol–water partition coefficient (Wildman–Crippen LogP) is 2.18. The van der Waals surface area contributed by atoms with Gasteiger partial charge in [0.05, 0.1) is 6.61 Å². The summed E-state index contributed by atoms with van der Waals surface area (Å²) >= 11 is 0. The van der Waals surface area contributed by atoms with Crippen LogP contribution in [0.2, 0.25) is 0 Å². The summed E-state index contributed by atoms with van der Waals surface area (Å²) in [5.74, 6) is -0.228. The van der Waals surface area contributed by atoms with E-state index >= 15 is 0 Å². The molecule has 0 atom stereocenters. The summed E-state index contributed by atoms with van der Waals surface area (Å²) in [5, 5.41) is 11.7. The summed E-state index contributed by atoms with van der Waals surface area (Å²) < 4.78 is 0. The van der Waals surface area contributed by atoms with Gasteiger partial charge < -0.3 is 15.3 Å². The lowest BCUT2D eigenvalue weighted by molar-refractivity contribution is 0.102. The Hall–Kier alpha value is -2.66. The number of aldehydes is 1. The van der Waals surface area contributed by atoms with Crippen molar-refractivity contribution in [1.29, 1.82) is 0 Å². The van der Waals surface area contributed by atoms with Gasteiger partial charge in [0.2, 0.25) is 0 Å². The minimum atomic E-state index is -0.228. The van der Waals surface area contributed by atoms with Crippen molar-refractivity contribution < 1.29 is 14.7 Å². The van der Waals surface area contributed by atoms with Crippen molar-refractivity contribution in [1.82, 2.24) is 0 Å². The number of nitrogens with one attached hydrogen (secondary N) is 1. The van der Waals surface area contributed by atoms with Gasteiger partial charge in [-0.2, -0.15) is 0 Å². The lowest BCUT2D eigenvalue weighted by Crippen LogP contribution is -2.21. The summed E-state index contributed by atoms with van der Waals surface area (Å²) in [5.41, 5.74) is 2.67. The molecule has 2 aromatic rings. The molecular formula is C17H18N2O3. The molecule has 0 spiro atoms. The number of hydrogen-bond donors (Lipinski definition) is 2. The van der Waals surface area contributed by atoms with Crippen LogP contribution in [-0.2, 0) is 0 Å². The highest BCUT2D eigenvalue weighted by Crippen LogP contribution is 2.17. The molecule has 5 nitrogen and oxygen atoms in total. The Labute approximate surface area is 129 Å². The Kier molecular flexibility index (Phi) is 5.27. The monoisotopic (exact) mass is 298 g/mol. The van der Waals surface area contributed by atoms with Crippen LogP contribution in [0.1, 0.15) is 20.7 Å². The molecule has 0 aliphatic heterocycles. The Morgan fingerprint density at radius 3 is 2.32 bits per heavy atom. The molecule has 2 aromatic carbocycles. The number of carbonyl (C=O) groups excluding carboxylic acids is 2. The largest absolute Gasteiger partial charge is 0.395 e. The smallest absolute Gasteiger partial charge is 0.255 e. The minimum absolute atomic E-state index is 0.0891. The number of amides is 1. The molecule has 0 aliphatic rings. The average Bonchev–Trinajstić information content (AvgIpc) is 2.55. The van der Waals surface area contributed by atoms with Crippen molar-refractivity contribution >= 4 is 23.6 Å². The van der Waals surface area contributed by atoms with E-state index in [1.807, 2.05) is 24.1 Å². The molecule has 0 saturated heterocycles. The zero-order valence-corrected chi connectivity index (χ0v) is 12.3. The molecule has 0 unspecified atom stereocenters. The van der Waals surface area contributed by atoms with E-state index in [-0.39, 0.29) is 12.5 Å². The van der Waals surface area contributed by atoms with Crippen LogP contribution in [0, 0.1) is 0 Å². The van der Waals surface area contributed by atoms with E-state index in [0.29, 0.717) is 23.4 Å². The number of aliphatic hydroxyl groups excluding tert-OH is 1. The van der Waals surface area contributed by atoms with Crippen molar-refractivity contribution in [2.75, 3.05) is 30.4 Å². The topological polar surface area (TPSA) is 69.6 Å². The van der Waals surface area contributed by atoms with Crippen LogP contribution in [0.25, 0.3) is 0 Å². The fourth-order valence-electron chi connectivity index (χ4n) is 1.99. The number of carbonyl (C=O) groups is 2. The van der Waals surface area contributed by atoms with Gasteiger partial charge in [0.15, 0.2) is 0 Å². The first kappa shape index (κ1) is 15.7. The SMILES string of the molecule is CN(CCO)c1ccc(NC(=O)c2ccc(C=O)cc2)cc1. The number of benzene rings is 2. The van der Waals surface area contributed by atoms with Crippen LogP contribution in [0.4, 0.5) is 11.4 Å². The van der Waals surface area contributed by atoms with Gasteiger partial charge >= 0.3 is 0 Å². The maximum absolute atomic E-state index is 12.1. The van der Waals surface area contributed by atoms with Crippen LogP contribution < -0.4 is 10.2 Å². The first-order chi connectivity index (χ1) is 10.6. The van der Waals surface area contributed by atoms with Gasteiger partial charge in [-0.05, 0) is 36.4 Å². The molecule has 5 heteroatoms. The summed E-state index contributed by atoms with van der Waals surface area (Å²) in [7, 11) is 1.89. The Bertz CT molecular complexity index is 636. The predicted molar refractivity (Wildman–Crippen MR) is 86.6 cm³/mol. The molecular weight excluding hydrogens is 280 g/mol. The summed E-state index contributed by atoms with van der Waals surface area (Å²) in [4.78, 5) is 24.6. The molecule has 114 valence electrons. The number of aliphatic hydroxyl groups is 1. The highest BCUT2D eigenvalue weighted by Gasteiger charge is 2.06. The van der Waals surface area contributed by atoms with Crippen LogP contribution >= 0.6 is 0 Å². The fraction of sp³-hybridized carbons (Fsp3) is 0.176. The number of hydrogen-bond acceptors (Lipinski definition) is 4. The van der Waals surface area contributed by atoms with Crippen LogP contribution in [0.15, 0.2) is 48.5 Å². The van der Waals surface area contributed by atoms with Gasteiger partial charge in [-0.1, -0.05) is 12.1 Å². The highest BCUT2D eigenvalue weighted by atomic mass is 16.3. The standard InChI is InChI=1S/C17H18N2O3/c1-19(10-11-20)16-8-6-15(7-9-16)18-17(22)14-4-2-13(12-21)3-5-14/h2-9,12,20H,10-11H2,1H3,(H,18,22). The summed E-state index contributed by atoms with van der Waals surface area (Å²) in [6, 6.07) is 13.8. The van der Waals surface area contributed by atoms with Crippen LogP contribution in [0.5, 0.6) is 0 Å². The number of likely N-dealkylation sites (N-methyl/N-ethyl adjacent to an activating group) is 1. The first-order valence-electron chi connectivity index (χ1n) is 6.92. The minimum Gasteiger partial charge on any atom is -0.395 e. The van der Waals surface area contributed by atoms with Crippen molar-refractivity contribution in [3.8, 4) is 0 Å². The second kappa shape index (κ2) is 7.38. The molecule has 0 aromatic heterocycles. The van der Waals surface area contributed by atoms with Crippen LogP contribution in [-0.4, -0.2) is 37.5 Å². The summed E-state index contributed by atoms with van der Waals surface area (Å²) in [6.45, 7) is 0.639. The van der Waals surface area contributed by atoms with E-state index in [0.717, 1.165) is 12.0 Å². The second-order valence-corrected chi connectivity index (χ2v) is 4.89. The molecule has 0 aliphatic carbocycles. The zero-order valence-electron chi connectivity index (χ0n) is 12.3.